The SMILES string of the molecule is COc1ccc(OCCN(C)C(=O)CC2(N)CCC2)cc1. The number of hydrogen-bond donors (Lipinski definition) is 1. The fourth-order valence-corrected chi connectivity index (χ4v) is 2.34. The molecule has 0 aromatic heterocycles. The molecule has 2 N–H and O–H groups in total. The van der Waals surface area contributed by atoms with Crippen LogP contribution in [0.15, 0.2) is 24.3 Å². The van der Waals surface area contributed by atoms with Crippen molar-refractivity contribution in [3.8, 4) is 11.5 Å². The lowest BCUT2D eigenvalue weighted by Crippen LogP contribution is -2.50. The zero-order valence-corrected chi connectivity index (χ0v) is 12.8. The Kier molecular flexibility index (Phi) is 5.07. The molecule has 0 aliphatic heterocycles. The molecule has 0 spiro atoms. The topological polar surface area (TPSA) is 64.8 Å². The predicted molar refractivity (Wildman–Crippen MR) is 81.5 cm³/mol. The van der Waals surface area contributed by atoms with Crippen molar-refractivity contribution < 1.29 is 14.3 Å². The van der Waals surface area contributed by atoms with Gasteiger partial charge in [-0.1, -0.05) is 0 Å². The molecule has 1 amide bonds. The van der Waals surface area contributed by atoms with E-state index < -0.39 is 0 Å². The van der Waals surface area contributed by atoms with Gasteiger partial charge in [0.25, 0.3) is 0 Å². The van der Waals surface area contributed by atoms with Crippen LogP contribution in [0.2, 0.25) is 0 Å². The molecule has 5 heteroatoms. The molecular formula is C16H24N2O3. The first kappa shape index (κ1) is 15.6. The van der Waals surface area contributed by atoms with Gasteiger partial charge in [-0.3, -0.25) is 4.79 Å². The van der Waals surface area contributed by atoms with Gasteiger partial charge in [0.15, 0.2) is 0 Å². The van der Waals surface area contributed by atoms with E-state index in [1.807, 2.05) is 24.3 Å². The van der Waals surface area contributed by atoms with E-state index >= 15 is 0 Å². The zero-order valence-electron chi connectivity index (χ0n) is 12.8. The van der Waals surface area contributed by atoms with E-state index in [1.165, 1.54) is 0 Å². The summed E-state index contributed by atoms with van der Waals surface area (Å²) in [5.74, 6) is 1.66. The maximum atomic E-state index is 12.1. The lowest BCUT2D eigenvalue weighted by Gasteiger charge is -2.38. The van der Waals surface area contributed by atoms with Crippen LogP contribution >= 0.6 is 0 Å². The van der Waals surface area contributed by atoms with Crippen LogP contribution in [0.4, 0.5) is 0 Å². The molecule has 21 heavy (non-hydrogen) atoms. The van der Waals surface area contributed by atoms with E-state index in [-0.39, 0.29) is 11.4 Å². The number of amides is 1. The minimum atomic E-state index is -0.262. The van der Waals surface area contributed by atoms with E-state index in [4.69, 9.17) is 15.2 Å². The molecule has 0 bridgehead atoms. The lowest BCUT2D eigenvalue weighted by molar-refractivity contribution is -0.132. The van der Waals surface area contributed by atoms with E-state index in [0.29, 0.717) is 19.6 Å². The Bertz CT molecular complexity index is 469. The van der Waals surface area contributed by atoms with Gasteiger partial charge in [0.1, 0.15) is 18.1 Å². The molecule has 1 aliphatic rings. The molecule has 1 saturated carbocycles. The van der Waals surface area contributed by atoms with Crippen LogP contribution in [0.1, 0.15) is 25.7 Å². The number of hydrogen-bond acceptors (Lipinski definition) is 4. The summed E-state index contributed by atoms with van der Waals surface area (Å²) >= 11 is 0. The summed E-state index contributed by atoms with van der Waals surface area (Å²) in [4.78, 5) is 13.7. The Labute approximate surface area is 126 Å². The van der Waals surface area contributed by atoms with Crippen LogP contribution in [0.5, 0.6) is 11.5 Å². The highest BCUT2D eigenvalue weighted by Gasteiger charge is 2.35. The summed E-state index contributed by atoms with van der Waals surface area (Å²) in [6.45, 7) is 1.02. The average Bonchev–Trinajstić information content (AvgIpc) is 2.46. The summed E-state index contributed by atoms with van der Waals surface area (Å²) in [6, 6.07) is 7.39. The third-order valence-electron chi connectivity index (χ3n) is 4.03. The number of nitrogens with two attached hydrogens (primary N) is 1. The van der Waals surface area contributed by atoms with Gasteiger partial charge in [-0.25, -0.2) is 0 Å². The van der Waals surface area contributed by atoms with Crippen molar-refractivity contribution in [3.63, 3.8) is 0 Å². The molecule has 1 aromatic carbocycles. The van der Waals surface area contributed by atoms with Crippen LogP contribution in [-0.4, -0.2) is 43.7 Å². The van der Waals surface area contributed by atoms with E-state index in [1.54, 1.807) is 19.1 Å². The first-order valence-corrected chi connectivity index (χ1v) is 7.32. The molecule has 1 aliphatic carbocycles. The highest BCUT2D eigenvalue weighted by molar-refractivity contribution is 5.77. The van der Waals surface area contributed by atoms with Gasteiger partial charge in [0.2, 0.25) is 5.91 Å². The summed E-state index contributed by atoms with van der Waals surface area (Å²) < 4.78 is 10.7. The van der Waals surface area contributed by atoms with Crippen molar-refractivity contribution in [2.24, 2.45) is 5.73 Å². The highest BCUT2D eigenvalue weighted by Crippen LogP contribution is 2.32. The Hall–Kier alpha value is -1.75. The molecule has 0 heterocycles. The molecule has 2 rings (SSSR count). The van der Waals surface area contributed by atoms with Crippen molar-refractivity contribution in [1.82, 2.24) is 4.90 Å². The quantitative estimate of drug-likeness (QED) is 0.832. The molecule has 116 valence electrons. The third kappa shape index (κ3) is 4.36. The molecule has 1 aromatic rings. The first-order valence-electron chi connectivity index (χ1n) is 7.32. The summed E-state index contributed by atoms with van der Waals surface area (Å²) in [6.07, 6.45) is 3.48. The summed E-state index contributed by atoms with van der Waals surface area (Å²) in [7, 11) is 3.42. The molecule has 0 radical (unpaired) electrons. The Balaban J connectivity index is 1.70. The zero-order chi connectivity index (χ0) is 15.3. The number of carbonyl (C=O) groups is 1. The molecule has 5 nitrogen and oxygen atoms in total. The second kappa shape index (κ2) is 6.80. The van der Waals surface area contributed by atoms with Crippen LogP contribution < -0.4 is 15.2 Å². The number of nitrogens with zero attached hydrogens (tertiary/aromatic N) is 1. The van der Waals surface area contributed by atoms with Gasteiger partial charge in [0, 0.05) is 19.0 Å². The van der Waals surface area contributed by atoms with Crippen molar-refractivity contribution in [2.75, 3.05) is 27.3 Å². The van der Waals surface area contributed by atoms with Crippen LogP contribution in [-0.2, 0) is 4.79 Å². The van der Waals surface area contributed by atoms with Gasteiger partial charge < -0.3 is 20.1 Å². The number of rotatable bonds is 7. The molecule has 0 atom stereocenters. The van der Waals surface area contributed by atoms with Gasteiger partial charge in [0.05, 0.1) is 13.7 Å². The normalized spacial score (nSPS) is 16.0. The monoisotopic (exact) mass is 292 g/mol. The first-order chi connectivity index (χ1) is 10.0. The van der Waals surface area contributed by atoms with Crippen LogP contribution in [0.25, 0.3) is 0 Å². The average molecular weight is 292 g/mol. The maximum absolute atomic E-state index is 12.1. The van der Waals surface area contributed by atoms with Crippen molar-refractivity contribution in [1.29, 1.82) is 0 Å². The number of methoxy groups -OCH3 is 1. The van der Waals surface area contributed by atoms with Gasteiger partial charge >= 0.3 is 0 Å². The largest absolute Gasteiger partial charge is 0.497 e. The Morgan fingerprint density at radius 2 is 1.90 bits per heavy atom. The maximum Gasteiger partial charge on any atom is 0.224 e. The fourth-order valence-electron chi connectivity index (χ4n) is 2.34. The fraction of sp³-hybridized carbons (Fsp3) is 0.562. The molecule has 0 unspecified atom stereocenters. The second-order valence-corrected chi connectivity index (χ2v) is 5.73. The summed E-state index contributed by atoms with van der Waals surface area (Å²) in [5, 5.41) is 0. The van der Waals surface area contributed by atoms with Gasteiger partial charge in [-0.15, -0.1) is 0 Å². The number of ether oxygens (including phenoxy) is 2. The minimum Gasteiger partial charge on any atom is -0.497 e. The molecule has 1 fully saturated rings. The smallest absolute Gasteiger partial charge is 0.224 e. The van der Waals surface area contributed by atoms with Crippen molar-refractivity contribution in [2.45, 2.75) is 31.2 Å². The minimum absolute atomic E-state index is 0.0931. The molecule has 0 saturated heterocycles. The van der Waals surface area contributed by atoms with Gasteiger partial charge in [-0.05, 0) is 43.5 Å². The van der Waals surface area contributed by atoms with E-state index in [0.717, 1.165) is 30.8 Å². The summed E-state index contributed by atoms with van der Waals surface area (Å²) in [5.41, 5.74) is 5.84. The van der Waals surface area contributed by atoms with E-state index in [2.05, 4.69) is 0 Å². The number of benzene rings is 1. The number of carbonyl (C=O) groups excluding carboxylic acids is 1. The third-order valence-corrected chi connectivity index (χ3v) is 4.03. The predicted octanol–water partition coefficient (Wildman–Crippen LogP) is 1.80. The van der Waals surface area contributed by atoms with Crippen LogP contribution in [0, 0.1) is 0 Å². The van der Waals surface area contributed by atoms with E-state index in [9.17, 15) is 4.79 Å². The van der Waals surface area contributed by atoms with Gasteiger partial charge in [-0.2, -0.15) is 0 Å². The Morgan fingerprint density at radius 3 is 2.43 bits per heavy atom. The Morgan fingerprint density at radius 1 is 1.29 bits per heavy atom. The standard InChI is InChI=1S/C16H24N2O3/c1-18(15(19)12-16(17)8-3-9-16)10-11-21-14-6-4-13(20-2)5-7-14/h4-7H,3,8-12,17H2,1-2H3. The molecular weight excluding hydrogens is 268 g/mol. The second-order valence-electron chi connectivity index (χ2n) is 5.73. The lowest BCUT2D eigenvalue weighted by atomic mass is 9.75. The number of likely N-dealkylation sites (N-methyl/N-ethyl adjacent to an activating group) is 1. The van der Waals surface area contributed by atoms with Crippen molar-refractivity contribution >= 4 is 5.91 Å². The highest BCUT2D eigenvalue weighted by atomic mass is 16.5. The van der Waals surface area contributed by atoms with Crippen molar-refractivity contribution in [3.05, 3.63) is 24.3 Å². The van der Waals surface area contributed by atoms with Crippen LogP contribution in [0.3, 0.4) is 0 Å².